The van der Waals surface area contributed by atoms with Gasteiger partial charge in [0, 0.05) is 24.7 Å². The highest BCUT2D eigenvalue weighted by molar-refractivity contribution is 5.90. The molecule has 1 rings (SSSR count). The number of ether oxygens (including phenoxy) is 1. The zero-order valence-electron chi connectivity index (χ0n) is 11.3. The fourth-order valence-corrected chi connectivity index (χ4v) is 1.44. The molecule has 0 atom stereocenters. The van der Waals surface area contributed by atoms with E-state index in [9.17, 15) is 18.0 Å². The largest absolute Gasteiger partial charge is 0.573 e. The average molecular weight is 290 g/mol. The number of carbonyl (C=O) groups is 1. The van der Waals surface area contributed by atoms with Gasteiger partial charge < -0.3 is 15.4 Å². The number of hydrogen-bond donors (Lipinski definition) is 2. The first-order valence-corrected chi connectivity index (χ1v) is 6.15. The van der Waals surface area contributed by atoms with Crippen molar-refractivity contribution in [2.45, 2.75) is 32.7 Å². The van der Waals surface area contributed by atoms with Crippen LogP contribution in [0.3, 0.4) is 0 Å². The van der Waals surface area contributed by atoms with Crippen molar-refractivity contribution in [2.24, 2.45) is 0 Å². The van der Waals surface area contributed by atoms with Crippen LogP contribution in [0.2, 0.25) is 0 Å². The van der Waals surface area contributed by atoms with E-state index >= 15 is 0 Å². The van der Waals surface area contributed by atoms with E-state index in [0.717, 1.165) is 12.1 Å². The second-order valence-corrected chi connectivity index (χ2v) is 4.48. The summed E-state index contributed by atoms with van der Waals surface area (Å²) in [4.78, 5) is 11.5. The molecular weight excluding hydrogens is 273 g/mol. The molecule has 0 heterocycles. The van der Waals surface area contributed by atoms with Crippen molar-refractivity contribution in [1.29, 1.82) is 0 Å². The van der Waals surface area contributed by atoms with Gasteiger partial charge in [-0.1, -0.05) is 13.8 Å². The number of hydrogen-bond acceptors (Lipinski definition) is 3. The van der Waals surface area contributed by atoms with Crippen LogP contribution in [0.15, 0.2) is 24.3 Å². The van der Waals surface area contributed by atoms with Gasteiger partial charge in [0.1, 0.15) is 5.75 Å². The van der Waals surface area contributed by atoms with E-state index in [4.69, 9.17) is 0 Å². The predicted octanol–water partition coefficient (Wildman–Crippen LogP) is 2.91. The minimum atomic E-state index is -4.72. The molecular formula is C13H17F3N2O2. The summed E-state index contributed by atoms with van der Waals surface area (Å²) in [7, 11) is 0. The van der Waals surface area contributed by atoms with Crippen LogP contribution in [0.1, 0.15) is 20.3 Å². The lowest BCUT2D eigenvalue weighted by molar-refractivity contribution is -0.274. The van der Waals surface area contributed by atoms with Crippen molar-refractivity contribution in [3.63, 3.8) is 0 Å². The molecule has 0 bridgehead atoms. The van der Waals surface area contributed by atoms with Crippen LogP contribution >= 0.6 is 0 Å². The molecule has 0 radical (unpaired) electrons. The first kappa shape index (κ1) is 16.3. The lowest BCUT2D eigenvalue weighted by atomic mass is 10.3. The lowest BCUT2D eigenvalue weighted by Crippen LogP contribution is -2.27. The van der Waals surface area contributed by atoms with Crippen molar-refractivity contribution >= 4 is 11.6 Å². The van der Waals surface area contributed by atoms with Gasteiger partial charge in [0.15, 0.2) is 0 Å². The lowest BCUT2D eigenvalue weighted by Gasteiger charge is -2.10. The zero-order chi connectivity index (χ0) is 15.2. The third-order valence-electron chi connectivity index (χ3n) is 2.28. The quantitative estimate of drug-likeness (QED) is 0.847. The molecule has 1 amide bonds. The van der Waals surface area contributed by atoms with Gasteiger partial charge in [0.2, 0.25) is 5.91 Å². The number of nitrogens with one attached hydrogen (secondary N) is 2. The first-order chi connectivity index (χ1) is 9.26. The number of rotatable bonds is 6. The Balaban J connectivity index is 2.43. The van der Waals surface area contributed by atoms with Gasteiger partial charge in [-0.05, 0) is 24.3 Å². The van der Waals surface area contributed by atoms with E-state index in [1.165, 1.54) is 12.1 Å². The van der Waals surface area contributed by atoms with Gasteiger partial charge in [0.05, 0.1) is 0 Å². The maximum Gasteiger partial charge on any atom is 0.573 e. The van der Waals surface area contributed by atoms with Crippen LogP contribution < -0.4 is 15.4 Å². The topological polar surface area (TPSA) is 50.4 Å². The smallest absolute Gasteiger partial charge is 0.406 e. The van der Waals surface area contributed by atoms with Gasteiger partial charge >= 0.3 is 6.36 Å². The van der Waals surface area contributed by atoms with Gasteiger partial charge in [-0.15, -0.1) is 13.2 Å². The zero-order valence-corrected chi connectivity index (χ0v) is 11.3. The minimum absolute atomic E-state index is 0.206. The van der Waals surface area contributed by atoms with Crippen LogP contribution in [0, 0.1) is 0 Å². The molecule has 1 aromatic rings. The number of halogens is 3. The summed E-state index contributed by atoms with van der Waals surface area (Å²) in [5, 5.41) is 5.68. The van der Waals surface area contributed by atoms with Crippen LogP contribution in [0.25, 0.3) is 0 Å². The first-order valence-electron chi connectivity index (χ1n) is 6.15. The summed E-state index contributed by atoms with van der Waals surface area (Å²) in [5.74, 6) is -0.528. The Labute approximate surface area is 115 Å². The maximum absolute atomic E-state index is 12.0. The third-order valence-corrected chi connectivity index (χ3v) is 2.28. The molecule has 0 saturated heterocycles. The van der Waals surface area contributed by atoms with E-state index in [2.05, 4.69) is 15.4 Å². The summed E-state index contributed by atoms with van der Waals surface area (Å²) >= 11 is 0. The second-order valence-electron chi connectivity index (χ2n) is 4.48. The minimum Gasteiger partial charge on any atom is -0.406 e. The molecule has 0 aliphatic rings. The Bertz CT molecular complexity index is 430. The summed E-state index contributed by atoms with van der Waals surface area (Å²) < 4.78 is 39.6. The molecule has 0 aliphatic heterocycles. The van der Waals surface area contributed by atoms with Crippen molar-refractivity contribution < 1.29 is 22.7 Å². The molecule has 7 heteroatoms. The van der Waals surface area contributed by atoms with Gasteiger partial charge in [0.25, 0.3) is 0 Å². The Hall–Kier alpha value is -1.76. The highest BCUT2D eigenvalue weighted by atomic mass is 19.4. The Kier molecular flexibility index (Phi) is 5.82. The van der Waals surface area contributed by atoms with Crippen LogP contribution in [-0.2, 0) is 4.79 Å². The molecule has 0 saturated carbocycles. The molecule has 4 nitrogen and oxygen atoms in total. The maximum atomic E-state index is 12.0. The van der Waals surface area contributed by atoms with Gasteiger partial charge in [-0.3, -0.25) is 4.79 Å². The summed E-state index contributed by atoms with van der Waals surface area (Å²) in [6.07, 6.45) is -4.42. The molecule has 0 aliphatic carbocycles. The normalized spacial score (nSPS) is 11.5. The van der Waals surface area contributed by atoms with Crippen LogP contribution in [0.5, 0.6) is 5.75 Å². The van der Waals surface area contributed by atoms with E-state index in [1.807, 2.05) is 13.8 Å². The summed E-state index contributed by atoms with van der Waals surface area (Å²) in [6.45, 7) is 4.48. The number of alkyl halides is 3. The summed E-state index contributed by atoms with van der Waals surface area (Å²) in [5.41, 5.74) is 0.425. The predicted molar refractivity (Wildman–Crippen MR) is 69.5 cm³/mol. The molecule has 2 N–H and O–H groups in total. The fraction of sp³-hybridized carbons (Fsp3) is 0.462. The van der Waals surface area contributed by atoms with Crippen LogP contribution in [-0.4, -0.2) is 24.9 Å². The van der Waals surface area contributed by atoms with E-state index in [-0.39, 0.29) is 11.7 Å². The molecule has 0 fully saturated rings. The third kappa shape index (κ3) is 6.98. The number of carbonyl (C=O) groups excluding carboxylic acids is 1. The Morgan fingerprint density at radius 2 is 1.85 bits per heavy atom. The number of anilines is 1. The standard InChI is InChI=1S/C13H17F3N2O2/c1-9(2)17-8-7-12(19)18-10-3-5-11(6-4-10)20-13(14,15)16/h3-6,9,17H,7-8H2,1-2H3,(H,18,19). The van der Waals surface area contributed by atoms with Crippen molar-refractivity contribution in [2.75, 3.05) is 11.9 Å². The van der Waals surface area contributed by atoms with E-state index < -0.39 is 6.36 Å². The number of benzene rings is 1. The van der Waals surface area contributed by atoms with Crippen LogP contribution in [0.4, 0.5) is 18.9 Å². The van der Waals surface area contributed by atoms with Gasteiger partial charge in [-0.2, -0.15) is 0 Å². The van der Waals surface area contributed by atoms with Crippen molar-refractivity contribution in [3.8, 4) is 5.75 Å². The van der Waals surface area contributed by atoms with E-state index in [0.29, 0.717) is 24.7 Å². The molecule has 1 aromatic carbocycles. The van der Waals surface area contributed by atoms with Gasteiger partial charge in [-0.25, -0.2) is 0 Å². The highest BCUT2D eigenvalue weighted by Gasteiger charge is 2.30. The summed E-state index contributed by atoms with van der Waals surface area (Å²) in [6, 6.07) is 5.30. The second kappa shape index (κ2) is 7.14. The fourth-order valence-electron chi connectivity index (χ4n) is 1.44. The number of amides is 1. The average Bonchev–Trinajstić information content (AvgIpc) is 2.29. The Morgan fingerprint density at radius 3 is 2.35 bits per heavy atom. The van der Waals surface area contributed by atoms with E-state index in [1.54, 1.807) is 0 Å². The monoisotopic (exact) mass is 290 g/mol. The molecule has 0 spiro atoms. The Morgan fingerprint density at radius 1 is 1.25 bits per heavy atom. The molecule has 112 valence electrons. The molecule has 0 unspecified atom stereocenters. The van der Waals surface area contributed by atoms with Crippen molar-refractivity contribution in [1.82, 2.24) is 5.32 Å². The SMILES string of the molecule is CC(C)NCCC(=O)Nc1ccc(OC(F)(F)F)cc1. The molecule has 0 aromatic heterocycles. The molecule has 20 heavy (non-hydrogen) atoms. The highest BCUT2D eigenvalue weighted by Crippen LogP contribution is 2.23. The van der Waals surface area contributed by atoms with Crippen molar-refractivity contribution in [3.05, 3.63) is 24.3 Å².